The van der Waals surface area contributed by atoms with Crippen LogP contribution in [0.25, 0.3) is 0 Å². The first-order chi connectivity index (χ1) is 16.6. The molecule has 0 aliphatic rings. The third-order valence-electron chi connectivity index (χ3n) is 4.64. The van der Waals surface area contributed by atoms with E-state index >= 15 is 0 Å². The summed E-state index contributed by atoms with van der Waals surface area (Å²) in [6, 6.07) is 14.0. The van der Waals surface area contributed by atoms with Crippen LogP contribution in [0.5, 0.6) is 0 Å². The molecular weight excluding hydrogens is 575 g/mol. The van der Waals surface area contributed by atoms with Gasteiger partial charge in [0.1, 0.15) is 0 Å². The van der Waals surface area contributed by atoms with Crippen molar-refractivity contribution in [2.45, 2.75) is 52.0 Å². The minimum Gasteiger partial charge on any atom is -0.387 e. The van der Waals surface area contributed by atoms with Gasteiger partial charge >= 0.3 is 0 Å². The topological polar surface area (TPSA) is 157 Å². The molecule has 0 heterocycles. The summed E-state index contributed by atoms with van der Waals surface area (Å²) < 4.78 is 48.9. The number of aliphatic hydroxyl groups excluding tert-OH is 2. The highest BCUT2D eigenvalue weighted by Crippen LogP contribution is 2.17. The Morgan fingerprint density at radius 3 is 1.08 bits per heavy atom. The second-order valence-electron chi connectivity index (χ2n) is 9.15. The van der Waals surface area contributed by atoms with E-state index in [2.05, 4.69) is 20.1 Å². The van der Waals surface area contributed by atoms with Gasteiger partial charge in [0.25, 0.3) is 0 Å². The number of aliphatic hydroxyl groups is 2. The van der Waals surface area contributed by atoms with Gasteiger partial charge in [0.2, 0.25) is 20.0 Å². The molecule has 2 aromatic carbocycles. The molecule has 0 amide bonds. The highest BCUT2D eigenvalue weighted by atomic mass is 35.5. The molecule has 220 valence electrons. The van der Waals surface area contributed by atoms with Gasteiger partial charge in [-0.25, -0.2) is 16.8 Å². The third-order valence-corrected chi connectivity index (χ3v) is 5.85. The Hall–Kier alpha value is -1.64. The molecule has 6 N–H and O–H groups in total. The van der Waals surface area contributed by atoms with Crippen molar-refractivity contribution in [3.63, 3.8) is 0 Å². The van der Waals surface area contributed by atoms with Gasteiger partial charge in [-0.15, -0.1) is 24.8 Å². The maximum atomic E-state index is 11.0. The largest absolute Gasteiger partial charge is 0.387 e. The minimum absolute atomic E-state index is 0. The average molecular weight is 618 g/mol. The summed E-state index contributed by atoms with van der Waals surface area (Å²) in [7, 11) is -6.51. The van der Waals surface area contributed by atoms with Crippen LogP contribution in [0.4, 0.5) is 11.4 Å². The van der Waals surface area contributed by atoms with Crippen molar-refractivity contribution in [1.29, 1.82) is 0 Å². The molecule has 10 nitrogen and oxygen atoms in total. The Morgan fingerprint density at radius 2 is 0.868 bits per heavy atom. The van der Waals surface area contributed by atoms with Gasteiger partial charge in [-0.1, -0.05) is 52.0 Å². The van der Waals surface area contributed by atoms with Crippen molar-refractivity contribution in [2.75, 3.05) is 35.0 Å². The predicted octanol–water partition coefficient (Wildman–Crippen LogP) is 3.02. The molecule has 0 aliphatic carbocycles. The summed E-state index contributed by atoms with van der Waals surface area (Å²) in [4.78, 5) is 0. The van der Waals surface area contributed by atoms with E-state index in [9.17, 15) is 27.0 Å². The molecular formula is C24H42Cl2N4O6S2. The summed E-state index contributed by atoms with van der Waals surface area (Å²) in [5, 5.41) is 26.1. The second-order valence-corrected chi connectivity index (χ2v) is 12.6. The van der Waals surface area contributed by atoms with Crippen LogP contribution < -0.4 is 20.1 Å². The lowest BCUT2D eigenvalue weighted by molar-refractivity contribution is 0.171. The van der Waals surface area contributed by atoms with Crippen molar-refractivity contribution >= 4 is 56.2 Å². The van der Waals surface area contributed by atoms with Crippen molar-refractivity contribution in [2.24, 2.45) is 0 Å². The minimum atomic E-state index is -3.26. The Bertz CT molecular complexity index is 1040. The molecule has 0 bridgehead atoms. The van der Waals surface area contributed by atoms with E-state index in [0.29, 0.717) is 36.5 Å². The van der Waals surface area contributed by atoms with E-state index < -0.39 is 32.3 Å². The Balaban J connectivity index is 0. The van der Waals surface area contributed by atoms with E-state index in [1.54, 1.807) is 48.5 Å². The molecule has 2 rings (SSSR count). The Morgan fingerprint density at radius 1 is 0.605 bits per heavy atom. The number of rotatable bonds is 12. The quantitative estimate of drug-likeness (QED) is 0.212. The molecule has 14 heteroatoms. The smallest absolute Gasteiger partial charge is 0.229 e. The molecule has 2 aromatic rings. The molecule has 0 saturated carbocycles. The summed E-state index contributed by atoms with van der Waals surface area (Å²) in [5.41, 5.74) is 2.49. The number of anilines is 2. The van der Waals surface area contributed by atoms with Crippen LogP contribution in [0.2, 0.25) is 0 Å². The highest BCUT2D eigenvalue weighted by Gasteiger charge is 2.10. The zero-order valence-corrected chi connectivity index (χ0v) is 25.8. The Labute approximate surface area is 239 Å². The lowest BCUT2D eigenvalue weighted by atomic mass is 10.1. The molecule has 0 fully saturated rings. The zero-order chi connectivity index (χ0) is 27.5. The maximum absolute atomic E-state index is 11.0. The summed E-state index contributed by atoms with van der Waals surface area (Å²) in [6.07, 6.45) is 1.00. The Kier molecular flexibility index (Phi) is 18.1. The van der Waals surface area contributed by atoms with Crippen LogP contribution in [0.3, 0.4) is 0 Å². The highest BCUT2D eigenvalue weighted by molar-refractivity contribution is 7.92. The predicted molar refractivity (Wildman–Crippen MR) is 161 cm³/mol. The fourth-order valence-corrected chi connectivity index (χ4v) is 4.03. The molecule has 2 atom stereocenters. The fourth-order valence-electron chi connectivity index (χ4n) is 2.91. The number of hydrogen-bond acceptors (Lipinski definition) is 8. The molecule has 0 aromatic heterocycles. The lowest BCUT2D eigenvalue weighted by Gasteiger charge is -2.14. The van der Waals surface area contributed by atoms with Gasteiger partial charge in [-0.05, 0) is 35.4 Å². The lowest BCUT2D eigenvalue weighted by Crippen LogP contribution is -2.27. The number of sulfonamides is 2. The monoisotopic (exact) mass is 616 g/mol. The molecule has 0 saturated heterocycles. The first kappa shape index (κ1) is 38.5. The van der Waals surface area contributed by atoms with Gasteiger partial charge in [-0.2, -0.15) is 0 Å². The first-order valence-electron chi connectivity index (χ1n) is 11.5. The van der Waals surface area contributed by atoms with E-state index in [1.165, 1.54) is 0 Å². The van der Waals surface area contributed by atoms with E-state index in [4.69, 9.17) is 0 Å². The molecule has 0 aliphatic heterocycles. The zero-order valence-electron chi connectivity index (χ0n) is 22.5. The maximum Gasteiger partial charge on any atom is 0.229 e. The average Bonchev–Trinajstić information content (AvgIpc) is 2.75. The van der Waals surface area contributed by atoms with Crippen molar-refractivity contribution in [3.8, 4) is 0 Å². The second kappa shape index (κ2) is 17.9. The van der Waals surface area contributed by atoms with Crippen molar-refractivity contribution in [1.82, 2.24) is 10.6 Å². The van der Waals surface area contributed by atoms with Crippen LogP contribution >= 0.6 is 24.8 Å². The standard InChI is InChI=1S/2C12H20N2O3S.2ClH/c2*1-9(2)13-8-12(15)10-4-6-11(7-5-10)14-18(3,16)17;;/h2*4-7,9,12-15H,8H2,1-3H3;2*1H. The first-order valence-corrected chi connectivity index (χ1v) is 15.3. The van der Waals surface area contributed by atoms with Gasteiger partial charge in [0.05, 0.1) is 24.7 Å². The normalized spacial score (nSPS) is 12.9. The van der Waals surface area contributed by atoms with Gasteiger partial charge in [0, 0.05) is 36.5 Å². The van der Waals surface area contributed by atoms with Crippen LogP contribution in [0.1, 0.15) is 51.0 Å². The van der Waals surface area contributed by atoms with E-state index in [1.807, 2.05) is 27.7 Å². The molecule has 0 radical (unpaired) electrons. The number of hydrogen-bond donors (Lipinski definition) is 6. The van der Waals surface area contributed by atoms with Crippen LogP contribution in [0.15, 0.2) is 48.5 Å². The fraction of sp³-hybridized carbons (Fsp3) is 0.500. The molecule has 38 heavy (non-hydrogen) atoms. The number of nitrogens with one attached hydrogen (secondary N) is 4. The molecule has 0 spiro atoms. The summed E-state index contributed by atoms with van der Waals surface area (Å²) in [6.45, 7) is 8.96. The summed E-state index contributed by atoms with van der Waals surface area (Å²) >= 11 is 0. The van der Waals surface area contributed by atoms with Gasteiger partial charge in [0.15, 0.2) is 0 Å². The van der Waals surface area contributed by atoms with Crippen LogP contribution in [0, 0.1) is 0 Å². The summed E-state index contributed by atoms with van der Waals surface area (Å²) in [5.74, 6) is 0. The number of benzene rings is 2. The SMILES string of the molecule is CC(C)NCC(O)c1ccc(NS(C)(=O)=O)cc1.CC(C)NCC(O)c1ccc(NS(C)(=O)=O)cc1.Cl.Cl. The number of halogens is 2. The van der Waals surface area contributed by atoms with E-state index in [0.717, 1.165) is 23.6 Å². The van der Waals surface area contributed by atoms with E-state index in [-0.39, 0.29) is 24.8 Å². The van der Waals surface area contributed by atoms with Crippen molar-refractivity contribution in [3.05, 3.63) is 59.7 Å². The third kappa shape index (κ3) is 17.8. The van der Waals surface area contributed by atoms with Gasteiger partial charge in [-0.3, -0.25) is 9.44 Å². The molecule has 2 unspecified atom stereocenters. The van der Waals surface area contributed by atoms with Gasteiger partial charge < -0.3 is 20.8 Å². The van der Waals surface area contributed by atoms with Crippen LogP contribution in [-0.2, 0) is 20.0 Å². The van der Waals surface area contributed by atoms with Crippen LogP contribution in [-0.4, -0.2) is 64.7 Å². The van der Waals surface area contributed by atoms with Crippen molar-refractivity contribution < 1.29 is 27.0 Å².